The van der Waals surface area contributed by atoms with Gasteiger partial charge in [0.25, 0.3) is 0 Å². The zero-order chi connectivity index (χ0) is 17.2. The van der Waals surface area contributed by atoms with Gasteiger partial charge in [-0.05, 0) is 28.9 Å². The van der Waals surface area contributed by atoms with Crippen LogP contribution in [0.5, 0.6) is 0 Å². The van der Waals surface area contributed by atoms with Crippen LogP contribution in [0.1, 0.15) is 11.7 Å². The van der Waals surface area contributed by atoms with Gasteiger partial charge in [-0.2, -0.15) is 0 Å². The highest BCUT2D eigenvalue weighted by Crippen LogP contribution is 2.29. The normalized spacial score (nSPS) is 25.6. The van der Waals surface area contributed by atoms with Crippen LogP contribution in [0, 0.1) is 4.91 Å². The van der Waals surface area contributed by atoms with Crippen molar-refractivity contribution >= 4 is 23.1 Å². The zero-order valence-corrected chi connectivity index (χ0v) is 14.2. The van der Waals surface area contributed by atoms with Crippen molar-refractivity contribution in [1.82, 2.24) is 15.5 Å². The summed E-state index contributed by atoms with van der Waals surface area (Å²) in [4.78, 5) is 18.0. The number of fused-ring (bicyclic) bond motifs is 1. The van der Waals surface area contributed by atoms with E-state index in [1.165, 1.54) is 0 Å². The number of ether oxygens (including phenoxy) is 1. The fraction of sp³-hybridized carbons (Fsp3) is 0.353. The van der Waals surface area contributed by atoms with Crippen LogP contribution in [0.2, 0.25) is 0 Å². The van der Waals surface area contributed by atoms with Crippen LogP contribution in [-0.2, 0) is 4.74 Å². The van der Waals surface area contributed by atoms with E-state index in [-0.39, 0.29) is 12.2 Å². The molecule has 2 unspecified atom stereocenters. The molecule has 3 aliphatic heterocycles. The number of morpholine rings is 1. The first-order chi connectivity index (χ1) is 12.2. The summed E-state index contributed by atoms with van der Waals surface area (Å²) >= 11 is 6.16. The van der Waals surface area contributed by atoms with Gasteiger partial charge in [0.15, 0.2) is 0 Å². The van der Waals surface area contributed by atoms with Crippen molar-refractivity contribution in [3.63, 3.8) is 0 Å². The number of rotatable bonds is 2. The number of allylic oxidation sites excluding steroid dienone is 2. The van der Waals surface area contributed by atoms with E-state index in [1.807, 2.05) is 18.2 Å². The van der Waals surface area contributed by atoms with E-state index < -0.39 is 0 Å². The summed E-state index contributed by atoms with van der Waals surface area (Å²) in [7, 11) is 0. The minimum atomic E-state index is -0.300. The number of nitroso groups, excluding NO2 is 1. The second-order valence-corrected chi connectivity index (χ2v) is 6.48. The smallest absolute Gasteiger partial charge is 0.146 e. The maximum atomic E-state index is 10.8. The fourth-order valence-electron chi connectivity index (χ4n) is 3.23. The monoisotopic (exact) mass is 359 g/mol. The van der Waals surface area contributed by atoms with Crippen molar-refractivity contribution in [3.05, 3.63) is 57.7 Å². The Morgan fingerprint density at radius 2 is 2.16 bits per heavy atom. The molecule has 1 saturated heterocycles. The molecule has 2 N–H and O–H groups in total. The third-order valence-corrected chi connectivity index (χ3v) is 4.66. The van der Waals surface area contributed by atoms with Crippen LogP contribution in [0.15, 0.2) is 57.4 Å². The lowest BCUT2D eigenvalue weighted by atomic mass is 10.0. The van der Waals surface area contributed by atoms with E-state index >= 15 is 0 Å². The van der Waals surface area contributed by atoms with E-state index in [0.29, 0.717) is 23.9 Å². The van der Waals surface area contributed by atoms with Crippen LogP contribution in [-0.4, -0.2) is 43.1 Å². The molecule has 0 bridgehead atoms. The van der Waals surface area contributed by atoms with E-state index in [0.717, 1.165) is 30.2 Å². The molecular formula is C17H18ClN5O2. The molecule has 1 fully saturated rings. The Morgan fingerprint density at radius 1 is 1.32 bits per heavy atom. The maximum Gasteiger partial charge on any atom is 0.146 e. The Morgan fingerprint density at radius 3 is 2.96 bits per heavy atom. The summed E-state index contributed by atoms with van der Waals surface area (Å²) in [6.07, 6.45) is 3.39. The second kappa shape index (κ2) is 6.85. The summed E-state index contributed by atoms with van der Waals surface area (Å²) in [6.45, 7) is 2.96. The van der Waals surface area contributed by atoms with E-state index in [1.54, 1.807) is 18.3 Å². The third-order valence-electron chi connectivity index (χ3n) is 4.44. The number of amidine groups is 1. The van der Waals surface area contributed by atoms with Gasteiger partial charge < -0.3 is 20.3 Å². The molecule has 0 aliphatic carbocycles. The van der Waals surface area contributed by atoms with Gasteiger partial charge in [-0.1, -0.05) is 23.7 Å². The summed E-state index contributed by atoms with van der Waals surface area (Å²) < 4.78 is 5.46. The molecule has 2 atom stereocenters. The molecule has 3 heterocycles. The van der Waals surface area contributed by atoms with Crippen molar-refractivity contribution in [2.24, 2.45) is 10.2 Å². The van der Waals surface area contributed by atoms with Gasteiger partial charge in [-0.15, -0.1) is 4.91 Å². The Labute approximate surface area is 150 Å². The van der Waals surface area contributed by atoms with E-state index in [4.69, 9.17) is 21.3 Å². The molecule has 0 spiro atoms. The Kier molecular flexibility index (Phi) is 4.42. The van der Waals surface area contributed by atoms with Crippen LogP contribution in [0.3, 0.4) is 0 Å². The Bertz CT molecular complexity index is 770. The van der Waals surface area contributed by atoms with E-state index in [9.17, 15) is 4.91 Å². The first-order valence-corrected chi connectivity index (χ1v) is 8.56. The Hall–Kier alpha value is -2.38. The van der Waals surface area contributed by atoms with Gasteiger partial charge in [0.2, 0.25) is 0 Å². The fourth-order valence-corrected chi connectivity index (χ4v) is 3.41. The predicted octanol–water partition coefficient (Wildman–Crippen LogP) is 2.35. The van der Waals surface area contributed by atoms with Crippen molar-refractivity contribution in [3.8, 4) is 0 Å². The van der Waals surface area contributed by atoms with Crippen molar-refractivity contribution < 1.29 is 4.74 Å². The molecule has 0 radical (unpaired) electrons. The number of halogens is 1. The third kappa shape index (κ3) is 3.25. The van der Waals surface area contributed by atoms with Gasteiger partial charge >= 0.3 is 0 Å². The SMILES string of the molecule is O=Nc1cccc(C2N=C(N3CCOCC3)C3NC=C(Cl)C=C3N2)c1. The van der Waals surface area contributed by atoms with Crippen LogP contribution in [0.25, 0.3) is 0 Å². The molecule has 1 aromatic rings. The van der Waals surface area contributed by atoms with Crippen LogP contribution < -0.4 is 10.6 Å². The number of benzene rings is 1. The van der Waals surface area contributed by atoms with Gasteiger partial charge in [0, 0.05) is 25.0 Å². The predicted molar refractivity (Wildman–Crippen MR) is 96.5 cm³/mol. The van der Waals surface area contributed by atoms with Crippen molar-refractivity contribution in [1.29, 1.82) is 0 Å². The minimum absolute atomic E-state index is 0.0655. The molecule has 8 heteroatoms. The molecule has 4 rings (SSSR count). The average molecular weight is 360 g/mol. The minimum Gasteiger partial charge on any atom is -0.378 e. The molecule has 130 valence electrons. The highest BCUT2D eigenvalue weighted by Gasteiger charge is 2.34. The lowest BCUT2D eigenvalue weighted by Crippen LogP contribution is -2.55. The molecule has 7 nitrogen and oxygen atoms in total. The highest BCUT2D eigenvalue weighted by atomic mass is 35.5. The molecule has 3 aliphatic rings. The lowest BCUT2D eigenvalue weighted by Gasteiger charge is -2.40. The second-order valence-electron chi connectivity index (χ2n) is 6.05. The molecular weight excluding hydrogens is 342 g/mol. The van der Waals surface area contributed by atoms with Gasteiger partial charge in [0.05, 0.1) is 18.2 Å². The quantitative estimate of drug-likeness (QED) is 0.792. The largest absolute Gasteiger partial charge is 0.378 e. The van der Waals surface area contributed by atoms with Gasteiger partial charge in [-0.25, -0.2) is 4.99 Å². The summed E-state index contributed by atoms with van der Waals surface area (Å²) in [5.41, 5.74) is 2.23. The maximum absolute atomic E-state index is 10.8. The van der Waals surface area contributed by atoms with Crippen molar-refractivity contribution in [2.45, 2.75) is 12.2 Å². The molecule has 0 saturated carbocycles. The van der Waals surface area contributed by atoms with Crippen LogP contribution in [0.4, 0.5) is 5.69 Å². The number of hydrogen-bond acceptors (Lipinski definition) is 7. The molecule has 25 heavy (non-hydrogen) atoms. The number of nitrogens with one attached hydrogen (secondary N) is 2. The standard InChI is InChI=1S/C17H18ClN5O2/c18-12-9-14-15(19-10-12)17(23-4-6-25-7-5-23)21-16(20-14)11-2-1-3-13(8-11)22-24/h1-3,8-10,15-16,19-20H,4-7H2. The number of aliphatic imine (C=N–C) groups is 1. The summed E-state index contributed by atoms with van der Waals surface area (Å²) in [5, 5.41) is 10.4. The van der Waals surface area contributed by atoms with Gasteiger partial charge in [0.1, 0.15) is 23.7 Å². The number of nitrogens with zero attached hydrogens (tertiary/aromatic N) is 3. The lowest BCUT2D eigenvalue weighted by molar-refractivity contribution is 0.0661. The van der Waals surface area contributed by atoms with Gasteiger partial charge in [-0.3, -0.25) is 0 Å². The highest BCUT2D eigenvalue weighted by molar-refractivity contribution is 6.31. The molecule has 1 aromatic carbocycles. The Balaban J connectivity index is 1.72. The van der Waals surface area contributed by atoms with E-state index in [2.05, 4.69) is 20.7 Å². The number of hydrogen-bond donors (Lipinski definition) is 2. The summed E-state index contributed by atoms with van der Waals surface area (Å²) in [6, 6.07) is 7.10. The topological polar surface area (TPSA) is 78.3 Å². The molecule has 0 aromatic heterocycles. The van der Waals surface area contributed by atoms with Crippen LogP contribution >= 0.6 is 11.6 Å². The first kappa shape index (κ1) is 16.1. The zero-order valence-electron chi connectivity index (χ0n) is 13.5. The summed E-state index contributed by atoms with van der Waals surface area (Å²) in [5.74, 6) is 0.947. The molecule has 0 amide bonds. The first-order valence-electron chi connectivity index (χ1n) is 8.18. The van der Waals surface area contributed by atoms with Crippen molar-refractivity contribution in [2.75, 3.05) is 26.3 Å². The average Bonchev–Trinajstić information content (AvgIpc) is 2.67. The number of dihydropyridines is 1.